The number of sulfone groups is 1. The quantitative estimate of drug-likeness (QED) is 0.733. The maximum absolute atomic E-state index is 12.1. The molecule has 1 aromatic rings. The fourth-order valence-corrected chi connectivity index (χ4v) is 5.89. The highest BCUT2D eigenvalue weighted by atomic mass is 32.2. The molecule has 3 heterocycles. The van der Waals surface area contributed by atoms with Crippen LogP contribution in [0, 0.1) is 0 Å². The molecular formula is C18H26N2O4S2. The number of nitrogens with zero attached hydrogens (tertiary/aromatic N) is 1. The van der Waals surface area contributed by atoms with E-state index in [1.807, 2.05) is 11.4 Å². The predicted molar refractivity (Wildman–Crippen MR) is 104 cm³/mol. The number of hydrogen-bond acceptors (Lipinski definition) is 6. The van der Waals surface area contributed by atoms with Gasteiger partial charge in [0.2, 0.25) is 5.91 Å². The van der Waals surface area contributed by atoms with Crippen LogP contribution in [0.5, 0.6) is 0 Å². The molecule has 0 unspecified atom stereocenters. The molecule has 6 nitrogen and oxygen atoms in total. The maximum atomic E-state index is 12.1. The second-order valence-corrected chi connectivity index (χ2v) is 10.3. The van der Waals surface area contributed by atoms with Crippen LogP contribution in [0.4, 0.5) is 0 Å². The molecule has 2 fully saturated rings. The minimum atomic E-state index is -2.81. The van der Waals surface area contributed by atoms with Crippen LogP contribution in [0.2, 0.25) is 0 Å². The van der Waals surface area contributed by atoms with E-state index >= 15 is 0 Å². The van der Waals surface area contributed by atoms with Crippen LogP contribution in [0.15, 0.2) is 17.5 Å². The first-order valence-corrected chi connectivity index (χ1v) is 11.8. The highest BCUT2D eigenvalue weighted by molar-refractivity contribution is 7.91. The van der Waals surface area contributed by atoms with Crippen molar-refractivity contribution in [1.82, 2.24) is 10.2 Å². The van der Waals surface area contributed by atoms with Gasteiger partial charge in [0, 0.05) is 36.1 Å². The van der Waals surface area contributed by atoms with E-state index in [2.05, 4.69) is 10.2 Å². The number of carbonyl (C=O) groups excluding carboxylic acids is 1. The van der Waals surface area contributed by atoms with Gasteiger partial charge in [0.1, 0.15) is 9.84 Å². The molecule has 0 saturated carbocycles. The zero-order valence-corrected chi connectivity index (χ0v) is 16.4. The molecule has 2 aliphatic rings. The molecular weight excluding hydrogens is 372 g/mol. The summed E-state index contributed by atoms with van der Waals surface area (Å²) in [5.41, 5.74) is 0.859. The minimum absolute atomic E-state index is 0.0159. The molecule has 144 valence electrons. The van der Waals surface area contributed by atoms with Crippen LogP contribution >= 0.6 is 11.3 Å². The molecule has 8 heteroatoms. The lowest BCUT2D eigenvalue weighted by Crippen LogP contribution is -2.49. The average molecular weight is 399 g/mol. The molecule has 0 bridgehead atoms. The lowest BCUT2D eigenvalue weighted by molar-refractivity contribution is -0.117. The largest absolute Gasteiger partial charge is 0.392 e. The Morgan fingerprint density at radius 1 is 1.27 bits per heavy atom. The monoisotopic (exact) mass is 398 g/mol. The fourth-order valence-electron chi connectivity index (χ4n) is 3.62. The van der Waals surface area contributed by atoms with Gasteiger partial charge in [-0.05, 0) is 48.8 Å². The van der Waals surface area contributed by atoms with Gasteiger partial charge in [0.15, 0.2) is 0 Å². The van der Waals surface area contributed by atoms with Crippen LogP contribution < -0.4 is 5.32 Å². The molecule has 26 heavy (non-hydrogen) atoms. The molecule has 2 saturated heterocycles. The van der Waals surface area contributed by atoms with Crippen molar-refractivity contribution in [2.24, 2.45) is 0 Å². The molecule has 0 radical (unpaired) electrons. The Hall–Kier alpha value is -1.22. The van der Waals surface area contributed by atoms with E-state index in [9.17, 15) is 13.2 Å². The van der Waals surface area contributed by atoms with Crippen LogP contribution in [0.3, 0.4) is 0 Å². The van der Waals surface area contributed by atoms with Gasteiger partial charge in [-0.25, -0.2) is 8.42 Å². The lowest BCUT2D eigenvalue weighted by Gasteiger charge is -2.39. The van der Waals surface area contributed by atoms with Crippen LogP contribution in [-0.2, 0) is 21.2 Å². The third-order valence-electron chi connectivity index (χ3n) is 5.17. The SMILES string of the molecule is O=C(/C=C/c1cc(CO)cs1)NC1CCN(C2CCS(=O)(=O)CC2)CC1. The van der Waals surface area contributed by atoms with Crippen LogP contribution in [0.1, 0.15) is 36.1 Å². The van der Waals surface area contributed by atoms with Crippen molar-refractivity contribution in [3.05, 3.63) is 28.0 Å². The van der Waals surface area contributed by atoms with Gasteiger partial charge in [0.25, 0.3) is 0 Å². The molecule has 0 atom stereocenters. The number of rotatable bonds is 5. The average Bonchev–Trinajstić information content (AvgIpc) is 3.09. The first-order valence-electron chi connectivity index (χ1n) is 9.06. The molecule has 0 spiro atoms. The van der Waals surface area contributed by atoms with E-state index in [4.69, 9.17) is 5.11 Å². The van der Waals surface area contributed by atoms with E-state index < -0.39 is 9.84 Å². The summed E-state index contributed by atoms with van der Waals surface area (Å²) in [6, 6.07) is 2.42. The molecule has 2 aliphatic heterocycles. The number of carbonyl (C=O) groups is 1. The van der Waals surface area contributed by atoms with E-state index in [-0.39, 0.29) is 18.6 Å². The summed E-state index contributed by atoms with van der Waals surface area (Å²) in [5.74, 6) is 0.519. The van der Waals surface area contributed by atoms with Crippen molar-refractivity contribution in [2.45, 2.75) is 44.4 Å². The normalized spacial score (nSPS) is 22.7. The Balaban J connectivity index is 1.41. The molecule has 1 aromatic heterocycles. The topological polar surface area (TPSA) is 86.7 Å². The Labute approximate surface area is 158 Å². The van der Waals surface area contributed by atoms with Crippen molar-refractivity contribution >= 4 is 33.2 Å². The number of aliphatic hydroxyl groups is 1. The van der Waals surface area contributed by atoms with Crippen LogP contribution in [0.25, 0.3) is 6.08 Å². The molecule has 1 amide bonds. The first kappa shape index (κ1) is 19.5. The maximum Gasteiger partial charge on any atom is 0.244 e. The van der Waals surface area contributed by atoms with Crippen molar-refractivity contribution in [1.29, 1.82) is 0 Å². The van der Waals surface area contributed by atoms with Crippen molar-refractivity contribution in [2.75, 3.05) is 24.6 Å². The Morgan fingerprint density at radius 2 is 1.96 bits per heavy atom. The molecule has 3 rings (SSSR count). The highest BCUT2D eigenvalue weighted by Crippen LogP contribution is 2.22. The number of nitrogens with one attached hydrogen (secondary N) is 1. The molecule has 0 aromatic carbocycles. The zero-order valence-electron chi connectivity index (χ0n) is 14.8. The van der Waals surface area contributed by atoms with E-state index in [1.165, 1.54) is 11.3 Å². The van der Waals surface area contributed by atoms with Gasteiger partial charge in [-0.2, -0.15) is 0 Å². The first-order chi connectivity index (χ1) is 12.4. The predicted octanol–water partition coefficient (Wildman–Crippen LogP) is 1.41. The van der Waals surface area contributed by atoms with Gasteiger partial charge in [-0.1, -0.05) is 0 Å². The van der Waals surface area contributed by atoms with Crippen molar-refractivity contribution in [3.8, 4) is 0 Å². The summed E-state index contributed by atoms with van der Waals surface area (Å²) in [6.07, 6.45) is 6.59. The van der Waals surface area contributed by atoms with Gasteiger partial charge >= 0.3 is 0 Å². The summed E-state index contributed by atoms with van der Waals surface area (Å²) in [5, 5.41) is 14.0. The van der Waals surface area contributed by atoms with E-state index in [0.717, 1.165) is 49.2 Å². The van der Waals surface area contributed by atoms with E-state index in [1.54, 1.807) is 12.2 Å². The Kier molecular flexibility index (Phi) is 6.50. The second-order valence-electron chi connectivity index (χ2n) is 7.05. The van der Waals surface area contributed by atoms with Crippen molar-refractivity contribution in [3.63, 3.8) is 0 Å². The standard InChI is InChI=1S/C18H26N2O4S2/c21-12-14-11-17(25-13-14)1-2-18(22)19-15-3-7-20(8-4-15)16-5-9-26(23,24)10-6-16/h1-2,11,13,15-16,21H,3-10,12H2,(H,19,22)/b2-1+. The minimum Gasteiger partial charge on any atom is -0.392 e. The molecule has 2 N–H and O–H groups in total. The van der Waals surface area contributed by atoms with Crippen molar-refractivity contribution < 1.29 is 18.3 Å². The summed E-state index contributed by atoms with van der Waals surface area (Å²) < 4.78 is 23.1. The third-order valence-corrected chi connectivity index (χ3v) is 7.83. The van der Waals surface area contributed by atoms with Gasteiger partial charge in [0.05, 0.1) is 18.1 Å². The summed E-state index contributed by atoms with van der Waals surface area (Å²) in [6.45, 7) is 1.83. The number of piperidine rings is 1. The van der Waals surface area contributed by atoms with Gasteiger partial charge < -0.3 is 15.3 Å². The summed E-state index contributed by atoms with van der Waals surface area (Å²) >= 11 is 1.50. The Bertz CT molecular complexity index is 735. The van der Waals surface area contributed by atoms with Gasteiger partial charge in [-0.3, -0.25) is 4.79 Å². The van der Waals surface area contributed by atoms with Crippen LogP contribution in [-0.4, -0.2) is 61.0 Å². The zero-order chi connectivity index (χ0) is 18.6. The van der Waals surface area contributed by atoms with Gasteiger partial charge in [-0.15, -0.1) is 11.3 Å². The second kappa shape index (κ2) is 8.65. The number of thiophene rings is 1. The Morgan fingerprint density at radius 3 is 2.58 bits per heavy atom. The number of aliphatic hydroxyl groups excluding tert-OH is 1. The summed E-state index contributed by atoms with van der Waals surface area (Å²) in [4.78, 5) is 15.4. The third kappa shape index (κ3) is 5.39. The van der Waals surface area contributed by atoms with E-state index in [0.29, 0.717) is 17.5 Å². The highest BCUT2D eigenvalue weighted by Gasteiger charge is 2.30. The number of hydrogen-bond donors (Lipinski definition) is 2. The summed E-state index contributed by atoms with van der Waals surface area (Å²) in [7, 11) is -2.81. The number of likely N-dealkylation sites (tertiary alicyclic amines) is 1. The fraction of sp³-hybridized carbons (Fsp3) is 0.611. The smallest absolute Gasteiger partial charge is 0.244 e. The lowest BCUT2D eigenvalue weighted by atomic mass is 10.0. The molecule has 0 aliphatic carbocycles. The number of amides is 1.